The Labute approximate surface area is 97.4 Å². The number of likely N-dealkylation sites (N-methyl/N-ethyl adjacent to an activating group) is 1. The molecule has 0 unspecified atom stereocenters. The highest BCUT2D eigenvalue weighted by atomic mass is 16.1. The van der Waals surface area contributed by atoms with Gasteiger partial charge in [-0.05, 0) is 55.8 Å². The molecule has 0 aliphatic heterocycles. The highest BCUT2D eigenvalue weighted by molar-refractivity contribution is 5.77. The lowest BCUT2D eigenvalue weighted by Crippen LogP contribution is -2.55. The van der Waals surface area contributed by atoms with Gasteiger partial charge in [-0.1, -0.05) is 0 Å². The third kappa shape index (κ3) is 1.75. The van der Waals surface area contributed by atoms with Crippen molar-refractivity contribution in [2.75, 3.05) is 13.6 Å². The molecular weight excluding hydrogens is 200 g/mol. The molecule has 3 heteroatoms. The molecule has 0 heterocycles. The van der Waals surface area contributed by atoms with E-state index in [9.17, 15) is 4.79 Å². The Balaban J connectivity index is 1.61. The van der Waals surface area contributed by atoms with E-state index in [2.05, 4.69) is 10.6 Å². The van der Waals surface area contributed by atoms with Gasteiger partial charge in [0.05, 0.1) is 6.54 Å². The first-order valence-corrected chi connectivity index (χ1v) is 6.70. The predicted octanol–water partition coefficient (Wildman–Crippen LogP) is 1.15. The molecule has 4 aliphatic carbocycles. The molecule has 0 spiro atoms. The van der Waals surface area contributed by atoms with Gasteiger partial charge in [-0.3, -0.25) is 4.79 Å². The van der Waals surface area contributed by atoms with E-state index in [1.807, 2.05) is 0 Å². The maximum atomic E-state index is 11.3. The Morgan fingerprint density at radius 1 is 1.06 bits per heavy atom. The van der Waals surface area contributed by atoms with Gasteiger partial charge >= 0.3 is 0 Å². The molecule has 1 amide bonds. The fourth-order valence-corrected chi connectivity index (χ4v) is 4.56. The van der Waals surface area contributed by atoms with E-state index in [1.165, 1.54) is 32.1 Å². The number of amides is 1. The predicted molar refractivity (Wildman–Crippen MR) is 62.9 cm³/mol. The monoisotopic (exact) mass is 222 g/mol. The lowest BCUT2D eigenvalue weighted by atomic mass is 9.54. The highest BCUT2D eigenvalue weighted by Gasteiger charge is 2.47. The van der Waals surface area contributed by atoms with Gasteiger partial charge in [-0.2, -0.15) is 0 Å². The van der Waals surface area contributed by atoms with Crippen molar-refractivity contribution in [2.45, 2.75) is 38.1 Å². The normalized spacial score (nSPS) is 44.7. The van der Waals surface area contributed by atoms with Crippen molar-refractivity contribution in [3.63, 3.8) is 0 Å². The Hall–Kier alpha value is -0.570. The molecule has 16 heavy (non-hydrogen) atoms. The number of hydrogen-bond acceptors (Lipinski definition) is 2. The minimum atomic E-state index is 0.119. The summed E-state index contributed by atoms with van der Waals surface area (Å²) in [6, 6.07) is 0.630. The van der Waals surface area contributed by atoms with Crippen LogP contribution in [0.25, 0.3) is 0 Å². The van der Waals surface area contributed by atoms with E-state index in [1.54, 1.807) is 7.05 Å². The number of hydrogen-bond donors (Lipinski definition) is 2. The molecule has 3 nitrogen and oxygen atoms in total. The van der Waals surface area contributed by atoms with Crippen molar-refractivity contribution in [1.82, 2.24) is 10.6 Å². The lowest BCUT2D eigenvalue weighted by molar-refractivity contribution is -0.120. The van der Waals surface area contributed by atoms with Crippen LogP contribution in [-0.2, 0) is 4.79 Å². The second-order valence-corrected chi connectivity index (χ2v) is 6.01. The minimum absolute atomic E-state index is 0.119. The third-order valence-electron chi connectivity index (χ3n) is 5.00. The van der Waals surface area contributed by atoms with E-state index in [0.717, 1.165) is 23.7 Å². The first-order valence-electron chi connectivity index (χ1n) is 6.70. The molecular formula is C13H22N2O. The summed E-state index contributed by atoms with van der Waals surface area (Å²) in [6.07, 6.45) is 7.16. The van der Waals surface area contributed by atoms with Gasteiger partial charge in [-0.25, -0.2) is 0 Å². The van der Waals surface area contributed by atoms with Gasteiger partial charge in [0.25, 0.3) is 0 Å². The fourth-order valence-electron chi connectivity index (χ4n) is 4.56. The van der Waals surface area contributed by atoms with Crippen molar-refractivity contribution < 1.29 is 4.79 Å². The number of rotatable bonds is 3. The molecule has 2 N–H and O–H groups in total. The van der Waals surface area contributed by atoms with Crippen LogP contribution < -0.4 is 10.6 Å². The van der Waals surface area contributed by atoms with Gasteiger partial charge in [0.1, 0.15) is 0 Å². The quantitative estimate of drug-likeness (QED) is 0.752. The maximum Gasteiger partial charge on any atom is 0.233 e. The van der Waals surface area contributed by atoms with Gasteiger partial charge in [0.2, 0.25) is 5.91 Å². The lowest BCUT2D eigenvalue weighted by Gasteiger charge is -2.54. The molecule has 4 saturated carbocycles. The molecule has 90 valence electrons. The minimum Gasteiger partial charge on any atom is -0.358 e. The van der Waals surface area contributed by atoms with Crippen molar-refractivity contribution >= 4 is 5.91 Å². The molecule has 0 radical (unpaired) electrons. The molecule has 0 saturated heterocycles. The van der Waals surface area contributed by atoms with Gasteiger partial charge in [0, 0.05) is 13.1 Å². The second-order valence-electron chi connectivity index (χ2n) is 6.01. The zero-order valence-corrected chi connectivity index (χ0v) is 10.0. The van der Waals surface area contributed by atoms with Crippen LogP contribution in [0.4, 0.5) is 0 Å². The maximum absolute atomic E-state index is 11.3. The van der Waals surface area contributed by atoms with E-state index in [-0.39, 0.29) is 5.91 Å². The van der Waals surface area contributed by atoms with Gasteiger partial charge in [0.15, 0.2) is 0 Å². The molecule has 0 aromatic heterocycles. The summed E-state index contributed by atoms with van der Waals surface area (Å²) in [7, 11) is 1.71. The van der Waals surface area contributed by atoms with Crippen molar-refractivity contribution in [3.05, 3.63) is 0 Å². The summed E-state index contributed by atoms with van der Waals surface area (Å²) in [5, 5.41) is 6.19. The summed E-state index contributed by atoms with van der Waals surface area (Å²) in [4.78, 5) is 11.3. The van der Waals surface area contributed by atoms with Crippen molar-refractivity contribution in [2.24, 2.45) is 23.7 Å². The largest absolute Gasteiger partial charge is 0.358 e. The van der Waals surface area contributed by atoms with Crippen LogP contribution in [0.15, 0.2) is 0 Å². The number of carbonyl (C=O) groups excluding carboxylic acids is 1. The van der Waals surface area contributed by atoms with Gasteiger partial charge in [-0.15, -0.1) is 0 Å². The van der Waals surface area contributed by atoms with E-state index < -0.39 is 0 Å². The Bertz CT molecular complexity index is 262. The first-order chi connectivity index (χ1) is 7.76. The summed E-state index contributed by atoms with van der Waals surface area (Å²) in [6.45, 7) is 0.503. The molecule has 4 rings (SSSR count). The molecule has 0 aromatic rings. The number of carbonyl (C=O) groups is 1. The van der Waals surface area contributed by atoms with E-state index in [4.69, 9.17) is 0 Å². The third-order valence-corrected chi connectivity index (χ3v) is 5.00. The SMILES string of the molecule is CNC(=O)CNC1C2CC3CC(C2)CC1C3. The van der Waals surface area contributed by atoms with Crippen LogP contribution in [-0.4, -0.2) is 25.5 Å². The van der Waals surface area contributed by atoms with Crippen LogP contribution in [0.5, 0.6) is 0 Å². The standard InChI is InChI=1S/C13H22N2O/c1-14-12(16)7-15-13-10-3-8-2-9(5-10)6-11(13)4-8/h8-11,13,15H,2-7H2,1H3,(H,14,16). The zero-order valence-electron chi connectivity index (χ0n) is 10.0. The Morgan fingerprint density at radius 2 is 1.62 bits per heavy atom. The summed E-state index contributed by atoms with van der Waals surface area (Å²) < 4.78 is 0. The first kappa shape index (κ1) is 10.6. The average molecular weight is 222 g/mol. The average Bonchev–Trinajstić information content (AvgIpc) is 2.26. The molecule has 4 fully saturated rings. The Morgan fingerprint density at radius 3 is 2.12 bits per heavy atom. The van der Waals surface area contributed by atoms with Crippen molar-refractivity contribution in [1.29, 1.82) is 0 Å². The van der Waals surface area contributed by atoms with Crippen LogP contribution in [0.3, 0.4) is 0 Å². The number of nitrogens with one attached hydrogen (secondary N) is 2. The van der Waals surface area contributed by atoms with Crippen molar-refractivity contribution in [3.8, 4) is 0 Å². The summed E-state index contributed by atoms with van der Waals surface area (Å²) >= 11 is 0. The van der Waals surface area contributed by atoms with Gasteiger partial charge < -0.3 is 10.6 Å². The van der Waals surface area contributed by atoms with Crippen LogP contribution in [0.1, 0.15) is 32.1 Å². The zero-order chi connectivity index (χ0) is 11.1. The smallest absolute Gasteiger partial charge is 0.233 e. The molecule has 4 aliphatic rings. The van der Waals surface area contributed by atoms with E-state index in [0.29, 0.717) is 12.6 Å². The second kappa shape index (κ2) is 4.02. The van der Waals surface area contributed by atoms with Crippen LogP contribution in [0, 0.1) is 23.7 Å². The molecule has 0 atom stereocenters. The van der Waals surface area contributed by atoms with Crippen LogP contribution >= 0.6 is 0 Å². The van der Waals surface area contributed by atoms with Crippen LogP contribution in [0.2, 0.25) is 0 Å². The molecule has 0 aromatic carbocycles. The van der Waals surface area contributed by atoms with E-state index >= 15 is 0 Å². The topological polar surface area (TPSA) is 41.1 Å². The summed E-state index contributed by atoms with van der Waals surface area (Å²) in [5.74, 6) is 3.87. The summed E-state index contributed by atoms with van der Waals surface area (Å²) in [5.41, 5.74) is 0. The fraction of sp³-hybridized carbons (Fsp3) is 0.923. The molecule has 4 bridgehead atoms. The Kier molecular flexibility index (Phi) is 2.66. The highest BCUT2D eigenvalue weighted by Crippen LogP contribution is 2.53.